The number of imidazole rings is 1. The number of aromatic nitrogens is 2. The molecule has 1 amide bonds. The predicted octanol–water partition coefficient (Wildman–Crippen LogP) is 5.15. The van der Waals surface area contributed by atoms with E-state index in [0.717, 1.165) is 17.8 Å². The molecule has 1 aromatic carbocycles. The third kappa shape index (κ3) is 3.94. The fraction of sp³-hybridized carbons (Fsp3) is 0.176. The highest BCUT2D eigenvalue weighted by atomic mass is 35.5. The molecule has 0 aliphatic carbocycles. The van der Waals surface area contributed by atoms with Crippen LogP contribution < -0.4 is 5.32 Å². The lowest BCUT2D eigenvalue weighted by Crippen LogP contribution is -2.15. The van der Waals surface area contributed by atoms with Crippen LogP contribution in [-0.4, -0.2) is 15.3 Å². The third-order valence-electron chi connectivity index (χ3n) is 3.70. The molecule has 0 aliphatic rings. The summed E-state index contributed by atoms with van der Waals surface area (Å²) >= 11 is 11.8. The van der Waals surface area contributed by atoms with E-state index in [0.29, 0.717) is 16.4 Å². The Morgan fingerprint density at radius 1 is 1.23 bits per heavy atom. The average molecular weight is 402 g/mol. The molecule has 0 radical (unpaired) electrons. The molecule has 0 fully saturated rings. The number of fused-ring (bicyclic) bond motifs is 1. The van der Waals surface area contributed by atoms with E-state index in [1.54, 1.807) is 18.2 Å². The molecule has 3 aromatic rings. The highest BCUT2D eigenvalue weighted by Crippen LogP contribution is 2.32. The van der Waals surface area contributed by atoms with Crippen LogP contribution in [0.3, 0.4) is 0 Å². The van der Waals surface area contributed by atoms with Gasteiger partial charge in [-0.05, 0) is 30.7 Å². The van der Waals surface area contributed by atoms with E-state index in [-0.39, 0.29) is 23.0 Å². The molecular formula is C17H12Cl2F3N3O. The van der Waals surface area contributed by atoms with Gasteiger partial charge in [0.25, 0.3) is 0 Å². The number of halogens is 5. The first-order valence-electron chi connectivity index (χ1n) is 7.44. The Kier molecular flexibility index (Phi) is 4.86. The van der Waals surface area contributed by atoms with Crippen LogP contribution in [0, 0.1) is 6.92 Å². The number of nitrogens with one attached hydrogen (secondary N) is 1. The normalized spacial score (nSPS) is 11.8. The Morgan fingerprint density at radius 3 is 2.65 bits per heavy atom. The summed E-state index contributed by atoms with van der Waals surface area (Å²) in [6.07, 6.45) is -2.41. The summed E-state index contributed by atoms with van der Waals surface area (Å²) in [5.74, 6) is -0.369. The van der Waals surface area contributed by atoms with Gasteiger partial charge in [-0.15, -0.1) is 0 Å². The summed E-state index contributed by atoms with van der Waals surface area (Å²) in [7, 11) is 0. The Morgan fingerprint density at radius 2 is 1.96 bits per heavy atom. The first-order valence-corrected chi connectivity index (χ1v) is 8.19. The van der Waals surface area contributed by atoms with Crippen molar-refractivity contribution in [3.63, 3.8) is 0 Å². The lowest BCUT2D eigenvalue weighted by Gasteiger charge is -2.07. The fourth-order valence-electron chi connectivity index (χ4n) is 2.44. The van der Waals surface area contributed by atoms with Crippen LogP contribution in [0.1, 0.15) is 16.8 Å². The van der Waals surface area contributed by atoms with Gasteiger partial charge in [-0.3, -0.25) is 4.79 Å². The number of rotatable bonds is 3. The first kappa shape index (κ1) is 18.5. The molecule has 0 bridgehead atoms. The van der Waals surface area contributed by atoms with E-state index in [1.807, 2.05) is 6.92 Å². The van der Waals surface area contributed by atoms with Crippen molar-refractivity contribution >= 4 is 40.4 Å². The number of anilines is 1. The van der Waals surface area contributed by atoms with Crippen molar-refractivity contribution in [2.75, 3.05) is 5.32 Å². The van der Waals surface area contributed by atoms with Gasteiger partial charge < -0.3 is 9.72 Å². The van der Waals surface area contributed by atoms with E-state index >= 15 is 0 Å². The van der Waals surface area contributed by atoms with Gasteiger partial charge >= 0.3 is 6.18 Å². The largest absolute Gasteiger partial charge is 0.417 e. The average Bonchev–Trinajstić information content (AvgIpc) is 2.93. The Bertz CT molecular complexity index is 999. The number of benzene rings is 1. The molecule has 136 valence electrons. The molecular weight excluding hydrogens is 390 g/mol. The lowest BCUT2D eigenvalue weighted by molar-refractivity contribution is -0.137. The lowest BCUT2D eigenvalue weighted by atomic mass is 10.2. The fourth-order valence-corrected chi connectivity index (χ4v) is 2.87. The quantitative estimate of drug-likeness (QED) is 0.659. The van der Waals surface area contributed by atoms with Gasteiger partial charge in [0.15, 0.2) is 5.65 Å². The number of amides is 1. The van der Waals surface area contributed by atoms with Crippen LogP contribution in [0.5, 0.6) is 0 Å². The second-order valence-corrected chi connectivity index (χ2v) is 6.57. The highest BCUT2D eigenvalue weighted by Gasteiger charge is 2.32. The van der Waals surface area contributed by atoms with Crippen molar-refractivity contribution in [3.8, 4) is 0 Å². The van der Waals surface area contributed by atoms with E-state index in [9.17, 15) is 18.0 Å². The summed E-state index contributed by atoms with van der Waals surface area (Å²) in [6, 6.07) is 5.89. The van der Waals surface area contributed by atoms with Crippen LogP contribution in [0.25, 0.3) is 5.65 Å². The number of nitrogens with zero attached hydrogens (tertiary/aromatic N) is 2. The van der Waals surface area contributed by atoms with Gasteiger partial charge in [0.2, 0.25) is 5.91 Å². The van der Waals surface area contributed by atoms with E-state index in [2.05, 4.69) is 10.3 Å². The predicted molar refractivity (Wildman–Crippen MR) is 93.7 cm³/mol. The molecule has 4 nitrogen and oxygen atoms in total. The summed E-state index contributed by atoms with van der Waals surface area (Å²) in [4.78, 5) is 16.4. The maximum absolute atomic E-state index is 12.9. The summed E-state index contributed by atoms with van der Waals surface area (Å²) in [6.45, 7) is 1.81. The van der Waals surface area contributed by atoms with Crippen LogP contribution in [0.15, 0.2) is 36.7 Å². The van der Waals surface area contributed by atoms with Crippen molar-refractivity contribution < 1.29 is 18.0 Å². The minimum absolute atomic E-state index is 0.120. The van der Waals surface area contributed by atoms with E-state index in [4.69, 9.17) is 23.2 Å². The highest BCUT2D eigenvalue weighted by molar-refractivity contribution is 6.33. The summed E-state index contributed by atoms with van der Waals surface area (Å²) in [5, 5.41) is 3.04. The van der Waals surface area contributed by atoms with Gasteiger partial charge in [-0.25, -0.2) is 4.98 Å². The maximum atomic E-state index is 12.9. The standard InChI is InChI=1S/C17H12Cl2F3N3O/c1-9-2-3-11(18)5-14(9)24-15(26)6-12-8-25-7-10(17(20,21)22)4-13(19)16(25)23-12/h2-5,7-8H,6H2,1H3,(H,24,26). The minimum Gasteiger partial charge on any atom is -0.325 e. The number of carbonyl (C=O) groups excluding carboxylic acids is 1. The molecule has 0 atom stereocenters. The van der Waals surface area contributed by atoms with Gasteiger partial charge in [-0.1, -0.05) is 29.3 Å². The molecule has 9 heteroatoms. The zero-order chi connectivity index (χ0) is 19.1. The van der Waals surface area contributed by atoms with Crippen LogP contribution >= 0.6 is 23.2 Å². The summed E-state index contributed by atoms with van der Waals surface area (Å²) < 4.78 is 39.7. The molecule has 0 aliphatic heterocycles. The van der Waals surface area contributed by atoms with Gasteiger partial charge in [-0.2, -0.15) is 13.2 Å². The van der Waals surface area contributed by atoms with Crippen molar-refractivity contribution in [3.05, 3.63) is 63.5 Å². The molecule has 0 spiro atoms. The van der Waals surface area contributed by atoms with Gasteiger partial charge in [0, 0.05) is 23.1 Å². The topological polar surface area (TPSA) is 46.4 Å². The van der Waals surface area contributed by atoms with Crippen LogP contribution in [0.4, 0.5) is 18.9 Å². The molecule has 2 aromatic heterocycles. The number of alkyl halides is 3. The zero-order valence-electron chi connectivity index (χ0n) is 13.4. The smallest absolute Gasteiger partial charge is 0.325 e. The number of pyridine rings is 1. The van der Waals surface area contributed by atoms with E-state index < -0.39 is 11.7 Å². The third-order valence-corrected chi connectivity index (χ3v) is 4.21. The molecule has 26 heavy (non-hydrogen) atoms. The molecule has 3 rings (SSSR count). The zero-order valence-corrected chi connectivity index (χ0v) is 14.9. The molecule has 2 heterocycles. The molecule has 0 saturated carbocycles. The van der Waals surface area contributed by atoms with Crippen molar-refractivity contribution in [2.45, 2.75) is 19.5 Å². The summed E-state index contributed by atoms with van der Waals surface area (Å²) in [5.41, 5.74) is 0.946. The van der Waals surface area contributed by atoms with Gasteiger partial charge in [0.05, 0.1) is 22.7 Å². The molecule has 1 N–H and O–H groups in total. The molecule has 0 unspecified atom stereocenters. The van der Waals surface area contributed by atoms with Crippen LogP contribution in [0.2, 0.25) is 10.0 Å². The minimum atomic E-state index is -4.52. The molecule has 0 saturated heterocycles. The Hall–Kier alpha value is -2.25. The Balaban J connectivity index is 1.83. The second-order valence-electron chi connectivity index (χ2n) is 5.72. The SMILES string of the molecule is Cc1ccc(Cl)cc1NC(=O)Cc1cn2cc(C(F)(F)F)cc(Cl)c2n1. The van der Waals surface area contributed by atoms with Crippen molar-refractivity contribution in [1.82, 2.24) is 9.38 Å². The number of hydrogen-bond donors (Lipinski definition) is 1. The maximum Gasteiger partial charge on any atom is 0.417 e. The second kappa shape index (κ2) is 6.81. The van der Waals surface area contributed by atoms with E-state index in [1.165, 1.54) is 10.6 Å². The van der Waals surface area contributed by atoms with Gasteiger partial charge in [0.1, 0.15) is 0 Å². The number of aryl methyl sites for hydroxylation is 1. The Labute approximate surface area is 156 Å². The monoisotopic (exact) mass is 401 g/mol. The number of hydrogen-bond acceptors (Lipinski definition) is 2. The van der Waals surface area contributed by atoms with Crippen molar-refractivity contribution in [1.29, 1.82) is 0 Å². The van der Waals surface area contributed by atoms with Crippen LogP contribution in [-0.2, 0) is 17.4 Å². The first-order chi connectivity index (χ1) is 12.1. The van der Waals surface area contributed by atoms with Crippen molar-refractivity contribution in [2.24, 2.45) is 0 Å². The number of carbonyl (C=O) groups is 1.